The Morgan fingerprint density at radius 3 is 2.27 bits per heavy atom. The highest BCUT2D eigenvalue weighted by atomic mass is 32.2. The molecule has 3 atom stereocenters. The lowest BCUT2D eigenvalue weighted by Crippen LogP contribution is -2.49. The molecule has 0 fully saturated rings. The highest BCUT2D eigenvalue weighted by Gasteiger charge is 2.35. The number of nitrogens with one attached hydrogen (secondary N) is 1. The summed E-state index contributed by atoms with van der Waals surface area (Å²) in [5.41, 5.74) is 1.49. The highest BCUT2D eigenvalue weighted by Crippen LogP contribution is 2.36. The number of likely N-dealkylation sites (N-methyl/N-ethyl adjacent to an activating group) is 1. The quantitative estimate of drug-likeness (QED) is 0.221. The molecule has 2 N–H and O–H groups in total. The maximum Gasteiger partial charge on any atom is 0.262 e. The van der Waals surface area contributed by atoms with Crippen LogP contribution in [0.25, 0.3) is 0 Å². The lowest BCUT2D eigenvalue weighted by atomic mass is 9.99. The van der Waals surface area contributed by atoms with Crippen molar-refractivity contribution in [2.75, 3.05) is 31.5 Å². The Morgan fingerprint density at radius 2 is 1.60 bits per heavy atom. The first kappa shape index (κ1) is 32.0. The molecule has 5 rings (SSSR count). The molecule has 0 aliphatic carbocycles. The number of sulfonamides is 1. The molecule has 1 amide bonds. The number of anilines is 1. The topological polar surface area (TPSA) is 108 Å². The van der Waals surface area contributed by atoms with Crippen molar-refractivity contribution in [3.63, 3.8) is 0 Å². The first-order chi connectivity index (χ1) is 21.6. The minimum absolute atomic E-state index is 0.0974. The van der Waals surface area contributed by atoms with Crippen LogP contribution in [0.4, 0.5) is 5.69 Å². The van der Waals surface area contributed by atoms with Crippen LogP contribution in [0.15, 0.2) is 108 Å². The molecule has 0 aromatic heterocycles. The largest absolute Gasteiger partial charge is 0.486 e. The molecule has 0 radical (unpaired) electrons. The minimum atomic E-state index is -3.95. The number of fused-ring (bicyclic) bond motifs is 1. The highest BCUT2D eigenvalue weighted by molar-refractivity contribution is 7.92. The van der Waals surface area contributed by atoms with E-state index in [1.54, 1.807) is 48.2 Å². The number of carbonyl (C=O) groups is 1. The Balaban J connectivity index is 1.39. The van der Waals surface area contributed by atoms with Crippen LogP contribution in [0, 0.1) is 5.92 Å². The number of amides is 1. The van der Waals surface area contributed by atoms with Gasteiger partial charge in [0.15, 0.2) is 5.75 Å². The van der Waals surface area contributed by atoms with Crippen LogP contribution >= 0.6 is 0 Å². The first-order valence-corrected chi connectivity index (χ1v) is 16.4. The van der Waals surface area contributed by atoms with Crippen molar-refractivity contribution in [2.24, 2.45) is 5.92 Å². The van der Waals surface area contributed by atoms with Gasteiger partial charge in [0.1, 0.15) is 17.6 Å². The molecular weight excluding hydrogens is 590 g/mol. The molecule has 0 saturated carbocycles. The average Bonchev–Trinajstić information content (AvgIpc) is 3.04. The van der Waals surface area contributed by atoms with Gasteiger partial charge in [0.2, 0.25) is 0 Å². The van der Waals surface area contributed by atoms with Crippen molar-refractivity contribution in [3.05, 3.63) is 114 Å². The molecule has 4 aromatic carbocycles. The number of rotatable bonds is 11. The van der Waals surface area contributed by atoms with E-state index in [4.69, 9.17) is 9.47 Å². The summed E-state index contributed by atoms with van der Waals surface area (Å²) in [5.74, 6) is 1.22. The standard InChI is InChI=1S/C35H39N3O6S/c1-25-21-38(26(2)24-39)35(40)31-15-10-16-32(36-45(41,42)30-13-8-5-9-14-30)34(31)44-33(25)23-37(3)22-27-17-19-29(20-18-27)43-28-11-6-4-7-12-28/h4-20,25-26,33,36,39H,21-24H2,1-3H3/t25-,26-,33-/m0/s1. The molecule has 45 heavy (non-hydrogen) atoms. The number of nitrogens with zero attached hydrogens (tertiary/aromatic N) is 2. The molecule has 0 unspecified atom stereocenters. The second-order valence-electron chi connectivity index (χ2n) is 11.5. The second-order valence-corrected chi connectivity index (χ2v) is 13.2. The summed E-state index contributed by atoms with van der Waals surface area (Å²) in [6, 6.07) is 30.0. The summed E-state index contributed by atoms with van der Waals surface area (Å²) in [5, 5.41) is 9.98. The van der Waals surface area contributed by atoms with Crippen molar-refractivity contribution >= 4 is 21.6 Å². The van der Waals surface area contributed by atoms with E-state index < -0.39 is 22.2 Å². The molecule has 1 aliphatic heterocycles. The van der Waals surface area contributed by atoms with Gasteiger partial charge < -0.3 is 19.5 Å². The van der Waals surface area contributed by atoms with Gasteiger partial charge >= 0.3 is 0 Å². The maximum absolute atomic E-state index is 13.8. The molecule has 0 spiro atoms. The van der Waals surface area contributed by atoms with Gasteiger partial charge in [-0.3, -0.25) is 14.4 Å². The van der Waals surface area contributed by atoms with Crippen LogP contribution in [0.5, 0.6) is 17.2 Å². The predicted octanol–water partition coefficient (Wildman–Crippen LogP) is 5.63. The maximum atomic E-state index is 13.8. The summed E-state index contributed by atoms with van der Waals surface area (Å²) < 4.78 is 41.7. The van der Waals surface area contributed by atoms with Crippen LogP contribution < -0.4 is 14.2 Å². The summed E-state index contributed by atoms with van der Waals surface area (Å²) in [6.45, 7) is 5.08. The third-order valence-corrected chi connectivity index (χ3v) is 9.22. The van der Waals surface area contributed by atoms with E-state index in [-0.39, 0.29) is 40.3 Å². The van der Waals surface area contributed by atoms with E-state index >= 15 is 0 Å². The number of hydrogen-bond acceptors (Lipinski definition) is 7. The molecule has 0 saturated heterocycles. The van der Waals surface area contributed by atoms with Crippen LogP contribution in [-0.4, -0.2) is 68.1 Å². The molecule has 0 bridgehead atoms. The van der Waals surface area contributed by atoms with E-state index in [0.29, 0.717) is 19.6 Å². The van der Waals surface area contributed by atoms with E-state index in [1.165, 1.54) is 12.1 Å². The zero-order valence-electron chi connectivity index (χ0n) is 25.7. The lowest BCUT2D eigenvalue weighted by Gasteiger charge is -2.38. The molecule has 236 valence electrons. The number of para-hydroxylation sites is 2. The van der Waals surface area contributed by atoms with Crippen LogP contribution in [-0.2, 0) is 16.6 Å². The normalized spacial score (nSPS) is 17.5. The Labute approximate surface area is 265 Å². The lowest BCUT2D eigenvalue weighted by molar-refractivity contribution is 0.0344. The summed E-state index contributed by atoms with van der Waals surface area (Å²) in [4.78, 5) is 17.6. The average molecular weight is 630 g/mol. The SMILES string of the molecule is C[C@H]1CN([C@@H](C)CO)C(=O)c2cccc(NS(=O)(=O)c3ccccc3)c2O[C@H]1CN(C)Cc1ccc(Oc2ccccc2)cc1. The number of ether oxygens (including phenoxy) is 2. The molecule has 1 aliphatic rings. The Kier molecular flexibility index (Phi) is 10.1. The summed E-state index contributed by atoms with van der Waals surface area (Å²) >= 11 is 0. The van der Waals surface area contributed by atoms with Crippen molar-refractivity contribution in [3.8, 4) is 17.2 Å². The summed E-state index contributed by atoms with van der Waals surface area (Å²) in [6.07, 6.45) is -0.404. The second kappa shape index (κ2) is 14.2. The number of aliphatic hydroxyl groups is 1. The number of hydrogen-bond donors (Lipinski definition) is 2. The van der Waals surface area contributed by atoms with E-state index in [1.807, 2.05) is 68.6 Å². The van der Waals surface area contributed by atoms with E-state index in [9.17, 15) is 18.3 Å². The first-order valence-electron chi connectivity index (χ1n) is 14.9. The minimum Gasteiger partial charge on any atom is -0.486 e. The van der Waals surface area contributed by atoms with E-state index in [2.05, 4.69) is 9.62 Å². The van der Waals surface area contributed by atoms with Crippen molar-refractivity contribution < 1.29 is 27.8 Å². The van der Waals surface area contributed by atoms with Gasteiger partial charge in [-0.1, -0.05) is 61.5 Å². The fraction of sp³-hybridized carbons (Fsp3) is 0.286. The third-order valence-electron chi connectivity index (χ3n) is 7.84. The van der Waals surface area contributed by atoms with E-state index in [0.717, 1.165) is 17.1 Å². The van der Waals surface area contributed by atoms with Crippen LogP contribution in [0.3, 0.4) is 0 Å². The van der Waals surface area contributed by atoms with Crippen molar-refractivity contribution in [1.29, 1.82) is 0 Å². The fourth-order valence-electron chi connectivity index (χ4n) is 5.32. The van der Waals surface area contributed by atoms with Crippen molar-refractivity contribution in [2.45, 2.75) is 37.4 Å². The van der Waals surface area contributed by atoms with Gasteiger partial charge in [0.05, 0.1) is 28.8 Å². The molecular formula is C35H39N3O6S. The van der Waals surface area contributed by atoms with Gasteiger partial charge in [-0.15, -0.1) is 0 Å². The predicted molar refractivity (Wildman–Crippen MR) is 174 cm³/mol. The van der Waals surface area contributed by atoms with Crippen LogP contribution in [0.2, 0.25) is 0 Å². The zero-order chi connectivity index (χ0) is 32.0. The fourth-order valence-corrected chi connectivity index (χ4v) is 6.40. The smallest absolute Gasteiger partial charge is 0.262 e. The number of benzene rings is 4. The zero-order valence-corrected chi connectivity index (χ0v) is 26.5. The van der Waals surface area contributed by atoms with Gasteiger partial charge in [-0.05, 0) is 68.1 Å². The van der Waals surface area contributed by atoms with Gasteiger partial charge in [-0.25, -0.2) is 8.42 Å². The molecule has 10 heteroatoms. The van der Waals surface area contributed by atoms with Crippen LogP contribution in [0.1, 0.15) is 29.8 Å². The molecule has 1 heterocycles. The Bertz CT molecular complexity index is 1680. The van der Waals surface area contributed by atoms with Gasteiger partial charge in [0, 0.05) is 25.6 Å². The molecule has 9 nitrogen and oxygen atoms in total. The van der Waals surface area contributed by atoms with Gasteiger partial charge in [-0.2, -0.15) is 0 Å². The Morgan fingerprint density at radius 1 is 0.956 bits per heavy atom. The third kappa shape index (κ3) is 7.83. The monoisotopic (exact) mass is 629 g/mol. The van der Waals surface area contributed by atoms with Gasteiger partial charge in [0.25, 0.3) is 15.9 Å². The molecule has 4 aromatic rings. The van der Waals surface area contributed by atoms with Crippen molar-refractivity contribution in [1.82, 2.24) is 9.80 Å². The number of aliphatic hydroxyl groups excluding tert-OH is 1. The summed E-state index contributed by atoms with van der Waals surface area (Å²) in [7, 11) is -1.96. The Hall–Kier alpha value is -4.38. The number of carbonyl (C=O) groups excluding carboxylic acids is 1.